The number of nitrogens with zero attached hydrogens (tertiary/aromatic N) is 2. The molecule has 2 fully saturated rings. The molecule has 1 N–H and O–H groups in total. The maximum Gasteiger partial charge on any atom is 0.246 e. The molecule has 0 bridgehead atoms. The molecule has 1 aliphatic carbocycles. The highest BCUT2D eigenvalue weighted by atomic mass is 35.5. The minimum atomic E-state index is -3.71. The van der Waals surface area contributed by atoms with Crippen LogP contribution in [0.25, 0.3) is 0 Å². The number of hydrogen-bond donors (Lipinski definition) is 1. The number of amides is 1. The molecule has 1 amide bonds. The molecule has 1 aliphatic heterocycles. The lowest BCUT2D eigenvalue weighted by molar-refractivity contribution is -0.127. The van der Waals surface area contributed by atoms with Crippen LogP contribution in [0.5, 0.6) is 0 Å². The monoisotopic (exact) mass is 447 g/mol. The Morgan fingerprint density at radius 3 is 2.43 bits per heavy atom. The van der Waals surface area contributed by atoms with E-state index in [9.17, 15) is 13.2 Å². The molecule has 30 heavy (non-hydrogen) atoms. The Balaban J connectivity index is 1.40. The van der Waals surface area contributed by atoms with Crippen molar-refractivity contribution in [2.45, 2.75) is 37.1 Å². The normalized spacial score (nSPS) is 23.7. The van der Waals surface area contributed by atoms with Crippen LogP contribution >= 0.6 is 11.6 Å². The van der Waals surface area contributed by atoms with Crippen molar-refractivity contribution >= 4 is 27.5 Å². The van der Waals surface area contributed by atoms with E-state index in [1.807, 2.05) is 18.2 Å². The van der Waals surface area contributed by atoms with Gasteiger partial charge >= 0.3 is 0 Å². The largest absolute Gasteiger partial charge is 0.349 e. The standard InChI is InChI=1S/C22H26ClN3O3S/c1-15-14-18(15)20(16-6-3-2-4-7-16)25-22(27)17-9-12-26(13-10-17)30(28,29)19-8-5-11-24-21(19)23/h2-8,11,15,17-18,20H,9-10,12-14H2,1H3,(H,25,27). The third kappa shape index (κ3) is 4.38. The Labute approximate surface area is 182 Å². The van der Waals surface area contributed by atoms with Crippen molar-refractivity contribution in [2.24, 2.45) is 17.8 Å². The van der Waals surface area contributed by atoms with Gasteiger partial charge in [-0.25, -0.2) is 13.4 Å². The van der Waals surface area contributed by atoms with Crippen LogP contribution in [0.3, 0.4) is 0 Å². The van der Waals surface area contributed by atoms with Crippen molar-refractivity contribution in [3.05, 3.63) is 59.4 Å². The van der Waals surface area contributed by atoms with E-state index in [0.29, 0.717) is 37.8 Å². The third-order valence-electron chi connectivity index (χ3n) is 6.22. The number of nitrogens with one attached hydrogen (secondary N) is 1. The first-order chi connectivity index (χ1) is 14.4. The van der Waals surface area contributed by atoms with Crippen LogP contribution < -0.4 is 5.32 Å². The van der Waals surface area contributed by atoms with Gasteiger partial charge in [0.25, 0.3) is 0 Å². The van der Waals surface area contributed by atoms with Crippen LogP contribution in [0.1, 0.15) is 37.8 Å². The highest BCUT2D eigenvalue weighted by molar-refractivity contribution is 7.89. The minimum absolute atomic E-state index is 0.0133. The van der Waals surface area contributed by atoms with Crippen molar-refractivity contribution in [1.82, 2.24) is 14.6 Å². The summed E-state index contributed by atoms with van der Waals surface area (Å²) >= 11 is 5.99. The van der Waals surface area contributed by atoms with E-state index >= 15 is 0 Å². The number of aromatic nitrogens is 1. The molecule has 3 unspecified atom stereocenters. The molecule has 0 spiro atoms. The molecule has 160 valence electrons. The van der Waals surface area contributed by atoms with E-state index < -0.39 is 10.0 Å². The fourth-order valence-electron chi connectivity index (χ4n) is 4.25. The first-order valence-electron chi connectivity index (χ1n) is 10.3. The molecular weight excluding hydrogens is 422 g/mol. The first-order valence-corrected chi connectivity index (χ1v) is 12.2. The van der Waals surface area contributed by atoms with E-state index in [0.717, 1.165) is 12.0 Å². The Kier molecular flexibility index (Phi) is 6.14. The SMILES string of the molecule is CC1CC1C(NC(=O)C1CCN(S(=O)(=O)c2cccnc2Cl)CC1)c1ccccc1. The van der Waals surface area contributed by atoms with Gasteiger partial charge in [0.05, 0.1) is 6.04 Å². The molecule has 6 nitrogen and oxygen atoms in total. The van der Waals surface area contributed by atoms with Gasteiger partial charge < -0.3 is 5.32 Å². The predicted octanol–water partition coefficient (Wildman–Crippen LogP) is 3.65. The Hall–Kier alpha value is -1.96. The maximum absolute atomic E-state index is 13.0. The summed E-state index contributed by atoms with van der Waals surface area (Å²) in [6.45, 7) is 2.79. The predicted molar refractivity (Wildman–Crippen MR) is 115 cm³/mol. The van der Waals surface area contributed by atoms with Crippen LogP contribution in [0.4, 0.5) is 0 Å². The summed E-state index contributed by atoms with van der Waals surface area (Å²) in [5.41, 5.74) is 1.13. The summed E-state index contributed by atoms with van der Waals surface area (Å²) < 4.78 is 27.2. The second-order valence-electron chi connectivity index (χ2n) is 8.24. The molecule has 0 radical (unpaired) electrons. The summed E-state index contributed by atoms with van der Waals surface area (Å²) in [5.74, 6) is 0.886. The van der Waals surface area contributed by atoms with Gasteiger partial charge in [-0.1, -0.05) is 48.9 Å². The molecule has 2 aromatic rings. The second kappa shape index (κ2) is 8.65. The number of pyridine rings is 1. The number of hydrogen-bond acceptors (Lipinski definition) is 4. The minimum Gasteiger partial charge on any atom is -0.349 e. The molecule has 8 heteroatoms. The van der Waals surface area contributed by atoms with E-state index in [1.54, 1.807) is 6.07 Å². The van der Waals surface area contributed by atoms with E-state index in [4.69, 9.17) is 11.6 Å². The summed E-state index contributed by atoms with van der Waals surface area (Å²) in [6.07, 6.45) is 3.56. The van der Waals surface area contributed by atoms with Crippen LogP contribution in [0.2, 0.25) is 5.15 Å². The Bertz CT molecular complexity index is 1010. The van der Waals surface area contributed by atoms with Gasteiger partial charge in [-0.3, -0.25) is 4.79 Å². The van der Waals surface area contributed by atoms with Crippen LogP contribution in [-0.4, -0.2) is 36.7 Å². The van der Waals surface area contributed by atoms with Gasteiger partial charge in [-0.15, -0.1) is 0 Å². The highest BCUT2D eigenvalue weighted by Gasteiger charge is 2.42. The number of piperidine rings is 1. The smallest absolute Gasteiger partial charge is 0.246 e. The lowest BCUT2D eigenvalue weighted by atomic mass is 9.95. The summed E-state index contributed by atoms with van der Waals surface area (Å²) in [4.78, 5) is 16.9. The van der Waals surface area contributed by atoms with E-state index in [-0.39, 0.29) is 27.9 Å². The molecule has 1 aromatic carbocycles. The zero-order valence-corrected chi connectivity index (χ0v) is 18.4. The van der Waals surface area contributed by atoms with Crippen molar-refractivity contribution in [1.29, 1.82) is 0 Å². The van der Waals surface area contributed by atoms with Gasteiger partial charge in [-0.2, -0.15) is 4.31 Å². The van der Waals surface area contributed by atoms with Crippen molar-refractivity contribution < 1.29 is 13.2 Å². The molecule has 2 heterocycles. The van der Waals surface area contributed by atoms with Gasteiger partial charge in [-0.05, 0) is 48.8 Å². The number of benzene rings is 1. The molecule has 4 rings (SSSR count). The average Bonchev–Trinajstić information content (AvgIpc) is 3.48. The van der Waals surface area contributed by atoms with Gasteiger partial charge in [0.2, 0.25) is 15.9 Å². The van der Waals surface area contributed by atoms with Crippen LogP contribution in [0.15, 0.2) is 53.6 Å². The number of halogens is 1. The number of rotatable bonds is 6. The summed E-state index contributed by atoms with van der Waals surface area (Å²) in [7, 11) is -3.71. The Morgan fingerprint density at radius 2 is 1.83 bits per heavy atom. The second-order valence-corrected chi connectivity index (χ2v) is 10.5. The third-order valence-corrected chi connectivity index (χ3v) is 8.57. The zero-order chi connectivity index (χ0) is 21.3. The molecule has 1 aromatic heterocycles. The molecule has 2 aliphatic rings. The van der Waals surface area contributed by atoms with Gasteiger partial charge in [0, 0.05) is 25.2 Å². The van der Waals surface area contributed by atoms with Crippen LogP contribution in [0, 0.1) is 17.8 Å². The van der Waals surface area contributed by atoms with Gasteiger partial charge in [0.1, 0.15) is 10.0 Å². The lowest BCUT2D eigenvalue weighted by Gasteiger charge is -2.31. The molecular formula is C22H26ClN3O3S. The molecule has 3 atom stereocenters. The van der Waals surface area contributed by atoms with Crippen molar-refractivity contribution in [2.75, 3.05) is 13.1 Å². The quantitative estimate of drug-likeness (QED) is 0.685. The average molecular weight is 448 g/mol. The maximum atomic E-state index is 13.0. The topological polar surface area (TPSA) is 79.4 Å². The fraction of sp³-hybridized carbons (Fsp3) is 0.455. The zero-order valence-electron chi connectivity index (χ0n) is 16.9. The van der Waals surface area contributed by atoms with E-state index in [1.165, 1.54) is 16.6 Å². The van der Waals surface area contributed by atoms with E-state index in [2.05, 4.69) is 29.4 Å². The Morgan fingerprint density at radius 1 is 1.17 bits per heavy atom. The first kappa shape index (κ1) is 21.3. The highest BCUT2D eigenvalue weighted by Crippen LogP contribution is 2.47. The number of sulfonamides is 1. The van der Waals surface area contributed by atoms with Crippen molar-refractivity contribution in [3.63, 3.8) is 0 Å². The van der Waals surface area contributed by atoms with Crippen LogP contribution in [-0.2, 0) is 14.8 Å². The fourth-order valence-corrected chi connectivity index (χ4v) is 6.14. The lowest BCUT2D eigenvalue weighted by Crippen LogP contribution is -2.44. The molecule has 1 saturated carbocycles. The molecule has 1 saturated heterocycles. The summed E-state index contributed by atoms with van der Waals surface area (Å²) in [5, 5.41) is 3.23. The van der Waals surface area contributed by atoms with Gasteiger partial charge in [0.15, 0.2) is 0 Å². The number of carbonyl (C=O) groups excluding carboxylic acids is 1. The summed E-state index contributed by atoms with van der Waals surface area (Å²) in [6, 6.07) is 13.1. The number of carbonyl (C=O) groups is 1. The van der Waals surface area contributed by atoms with Crippen molar-refractivity contribution in [3.8, 4) is 0 Å².